The first-order valence-corrected chi connectivity index (χ1v) is 5.62. The number of pyridine rings is 1. The van der Waals surface area contributed by atoms with Crippen LogP contribution in [0.25, 0.3) is 0 Å². The number of aromatic nitrogens is 1. The minimum absolute atomic E-state index is 0.640. The van der Waals surface area contributed by atoms with Gasteiger partial charge in [0.1, 0.15) is 0 Å². The Morgan fingerprint density at radius 2 is 2.36 bits per heavy atom. The average molecular weight is 254 g/mol. The van der Waals surface area contributed by atoms with Gasteiger partial charge in [-0.15, -0.1) is 0 Å². The van der Waals surface area contributed by atoms with Gasteiger partial charge in [-0.3, -0.25) is 0 Å². The zero-order valence-electron chi connectivity index (χ0n) is 8.09. The first kappa shape index (κ1) is 11.1. The van der Waals surface area contributed by atoms with E-state index in [9.17, 15) is 0 Å². The molecule has 0 unspecified atom stereocenters. The van der Waals surface area contributed by atoms with Gasteiger partial charge in [-0.1, -0.05) is 27.8 Å². The molecule has 0 N–H and O–H groups in total. The monoisotopic (exact) mass is 253 g/mol. The van der Waals surface area contributed by atoms with Gasteiger partial charge in [0.05, 0.1) is 6.61 Å². The maximum atomic E-state index is 5.22. The van der Waals surface area contributed by atoms with E-state index in [4.69, 9.17) is 4.74 Å². The lowest BCUT2D eigenvalue weighted by Gasteiger charge is -1.99. The lowest BCUT2D eigenvalue weighted by molar-refractivity contribution is 0.327. The quantitative estimate of drug-likeness (QED) is 0.611. The van der Waals surface area contributed by atoms with Crippen LogP contribution in [0, 0.1) is 11.8 Å². The van der Waals surface area contributed by atoms with Crippen molar-refractivity contribution in [2.45, 2.75) is 13.3 Å². The maximum absolute atomic E-state index is 5.22. The van der Waals surface area contributed by atoms with Gasteiger partial charge in [0.25, 0.3) is 0 Å². The number of nitrogens with zero attached hydrogens (tertiary/aromatic N) is 1. The molecule has 14 heavy (non-hydrogen) atoms. The molecular weight excluding hydrogens is 242 g/mol. The molecular formula is C11H12BrNO. The summed E-state index contributed by atoms with van der Waals surface area (Å²) in [6.45, 7) is 2.58. The number of hydrogen-bond donors (Lipinski definition) is 0. The van der Waals surface area contributed by atoms with E-state index in [1.807, 2.05) is 19.1 Å². The number of ether oxygens (including phenoxy) is 1. The fourth-order valence-electron chi connectivity index (χ4n) is 0.899. The van der Waals surface area contributed by atoms with Crippen LogP contribution in [0.1, 0.15) is 18.9 Å². The fourth-order valence-corrected chi connectivity index (χ4v) is 1.10. The van der Waals surface area contributed by atoms with Gasteiger partial charge in [-0.2, -0.15) is 0 Å². The second kappa shape index (κ2) is 6.44. The largest absolute Gasteiger partial charge is 0.478 e. The predicted molar refractivity (Wildman–Crippen MR) is 60.7 cm³/mol. The summed E-state index contributed by atoms with van der Waals surface area (Å²) in [5, 5.41) is 0.907. The molecule has 0 aliphatic rings. The van der Waals surface area contributed by atoms with Crippen LogP contribution in [0.5, 0.6) is 5.88 Å². The molecule has 0 saturated heterocycles. The van der Waals surface area contributed by atoms with Gasteiger partial charge < -0.3 is 4.74 Å². The number of hydrogen-bond acceptors (Lipinski definition) is 2. The Bertz CT molecular complexity index is 323. The molecule has 1 heterocycles. The molecule has 0 fully saturated rings. The van der Waals surface area contributed by atoms with Crippen molar-refractivity contribution in [1.82, 2.24) is 4.98 Å². The molecule has 0 aliphatic carbocycles. The van der Waals surface area contributed by atoms with Crippen LogP contribution in [0.3, 0.4) is 0 Å². The standard InChI is InChI=1S/C11H12BrNO/c1-2-14-11-7-6-10(9-13-11)5-3-4-8-12/h6-7,9H,2,4,8H2,1H3. The molecule has 0 aliphatic heterocycles. The fraction of sp³-hybridized carbons (Fsp3) is 0.364. The van der Waals surface area contributed by atoms with Gasteiger partial charge in [0, 0.05) is 29.6 Å². The Kier molecular flexibility index (Phi) is 5.09. The van der Waals surface area contributed by atoms with Crippen LogP contribution in [0.4, 0.5) is 0 Å². The first-order valence-electron chi connectivity index (χ1n) is 4.50. The van der Waals surface area contributed by atoms with E-state index >= 15 is 0 Å². The summed E-state index contributed by atoms with van der Waals surface area (Å²) in [5.74, 6) is 6.69. The summed E-state index contributed by atoms with van der Waals surface area (Å²) in [6.07, 6.45) is 2.58. The summed E-state index contributed by atoms with van der Waals surface area (Å²) in [6, 6.07) is 3.75. The molecule has 0 aromatic carbocycles. The third-order valence-corrected chi connectivity index (χ3v) is 1.88. The van der Waals surface area contributed by atoms with Crippen molar-refractivity contribution in [3.63, 3.8) is 0 Å². The van der Waals surface area contributed by atoms with Crippen LogP contribution >= 0.6 is 15.9 Å². The Hall–Kier alpha value is -1.01. The highest BCUT2D eigenvalue weighted by atomic mass is 79.9. The minimum atomic E-state index is 0.640. The zero-order chi connectivity index (χ0) is 10.2. The highest BCUT2D eigenvalue weighted by molar-refractivity contribution is 9.09. The topological polar surface area (TPSA) is 22.1 Å². The molecule has 1 rings (SSSR count). The summed E-state index contributed by atoms with van der Waals surface area (Å²) in [7, 11) is 0. The molecule has 3 heteroatoms. The van der Waals surface area contributed by atoms with Crippen LogP contribution in [0.2, 0.25) is 0 Å². The van der Waals surface area contributed by atoms with Gasteiger partial charge in [0.2, 0.25) is 5.88 Å². The Morgan fingerprint density at radius 1 is 1.50 bits per heavy atom. The highest BCUT2D eigenvalue weighted by Crippen LogP contribution is 2.06. The molecule has 1 aromatic heterocycles. The Morgan fingerprint density at radius 3 is 2.93 bits per heavy atom. The lowest BCUT2D eigenvalue weighted by Crippen LogP contribution is -1.93. The summed E-state index contributed by atoms with van der Waals surface area (Å²) < 4.78 is 5.22. The van der Waals surface area contributed by atoms with E-state index in [0.717, 1.165) is 17.3 Å². The SMILES string of the molecule is CCOc1ccc(C#CCCBr)cn1. The molecule has 0 amide bonds. The van der Waals surface area contributed by atoms with Crippen molar-refractivity contribution in [3.05, 3.63) is 23.9 Å². The molecule has 0 spiro atoms. The van der Waals surface area contributed by atoms with Gasteiger partial charge in [-0.05, 0) is 13.0 Å². The average Bonchev–Trinajstić information content (AvgIpc) is 2.21. The molecule has 0 saturated carbocycles. The van der Waals surface area contributed by atoms with E-state index < -0.39 is 0 Å². The van der Waals surface area contributed by atoms with Crippen molar-refractivity contribution < 1.29 is 4.74 Å². The third-order valence-electron chi connectivity index (χ3n) is 1.48. The van der Waals surface area contributed by atoms with E-state index in [1.165, 1.54) is 0 Å². The molecule has 0 atom stereocenters. The van der Waals surface area contributed by atoms with Crippen molar-refractivity contribution in [2.75, 3.05) is 11.9 Å². The number of rotatable bonds is 3. The van der Waals surface area contributed by atoms with E-state index in [-0.39, 0.29) is 0 Å². The first-order chi connectivity index (χ1) is 6.86. The van der Waals surface area contributed by atoms with E-state index in [1.54, 1.807) is 6.20 Å². The van der Waals surface area contributed by atoms with E-state index in [0.29, 0.717) is 12.5 Å². The second-order valence-electron chi connectivity index (χ2n) is 2.56. The lowest BCUT2D eigenvalue weighted by atomic mass is 10.3. The molecule has 74 valence electrons. The van der Waals surface area contributed by atoms with Crippen LogP contribution < -0.4 is 4.74 Å². The highest BCUT2D eigenvalue weighted by Gasteiger charge is 1.92. The summed E-state index contributed by atoms with van der Waals surface area (Å²) in [4.78, 5) is 4.11. The summed E-state index contributed by atoms with van der Waals surface area (Å²) in [5.41, 5.74) is 0.925. The zero-order valence-corrected chi connectivity index (χ0v) is 9.67. The van der Waals surface area contributed by atoms with Crippen molar-refractivity contribution in [2.24, 2.45) is 0 Å². The summed E-state index contributed by atoms with van der Waals surface area (Å²) >= 11 is 3.32. The van der Waals surface area contributed by atoms with Crippen molar-refractivity contribution in [1.29, 1.82) is 0 Å². The van der Waals surface area contributed by atoms with Gasteiger partial charge in [-0.25, -0.2) is 4.98 Å². The van der Waals surface area contributed by atoms with Crippen LogP contribution in [0.15, 0.2) is 18.3 Å². The molecule has 1 aromatic rings. The number of halogens is 1. The van der Waals surface area contributed by atoms with Gasteiger partial charge >= 0.3 is 0 Å². The molecule has 0 bridgehead atoms. The predicted octanol–water partition coefficient (Wildman–Crippen LogP) is 2.62. The van der Waals surface area contributed by atoms with Crippen molar-refractivity contribution in [3.8, 4) is 17.7 Å². The Balaban J connectivity index is 2.60. The van der Waals surface area contributed by atoms with Gasteiger partial charge in [0.15, 0.2) is 0 Å². The third kappa shape index (κ3) is 3.80. The second-order valence-corrected chi connectivity index (χ2v) is 3.35. The number of alkyl halides is 1. The van der Waals surface area contributed by atoms with Crippen LogP contribution in [-0.4, -0.2) is 16.9 Å². The Labute approximate surface area is 92.8 Å². The van der Waals surface area contributed by atoms with Crippen LogP contribution in [-0.2, 0) is 0 Å². The molecule has 2 nitrogen and oxygen atoms in total. The van der Waals surface area contributed by atoms with E-state index in [2.05, 4.69) is 32.8 Å². The minimum Gasteiger partial charge on any atom is -0.478 e. The van der Waals surface area contributed by atoms with Crippen molar-refractivity contribution >= 4 is 15.9 Å². The smallest absolute Gasteiger partial charge is 0.213 e. The normalized spacial score (nSPS) is 9.00. The maximum Gasteiger partial charge on any atom is 0.213 e. The molecule has 0 radical (unpaired) electrons.